The van der Waals surface area contributed by atoms with Crippen LogP contribution in [-0.2, 0) is 6.18 Å². The van der Waals surface area contributed by atoms with E-state index in [1.807, 2.05) is 0 Å². The lowest BCUT2D eigenvalue weighted by molar-refractivity contribution is -0.137. The average Bonchev–Trinajstić information content (AvgIpc) is 3.28. The first-order chi connectivity index (χ1) is 9.49. The molecule has 2 nitrogen and oxygen atoms in total. The predicted molar refractivity (Wildman–Crippen MR) is 70.9 cm³/mol. The molecule has 20 heavy (non-hydrogen) atoms. The van der Waals surface area contributed by atoms with E-state index in [1.165, 1.54) is 13.2 Å². The summed E-state index contributed by atoms with van der Waals surface area (Å²) in [6.45, 7) is 0. The van der Waals surface area contributed by atoms with Crippen LogP contribution in [0.1, 0.15) is 31.2 Å². The highest BCUT2D eigenvalue weighted by Gasteiger charge is 2.43. The largest absolute Gasteiger partial charge is 0.497 e. The van der Waals surface area contributed by atoms with E-state index in [-0.39, 0.29) is 17.5 Å². The van der Waals surface area contributed by atoms with Crippen LogP contribution in [0.25, 0.3) is 0 Å². The molecule has 0 amide bonds. The van der Waals surface area contributed by atoms with Gasteiger partial charge in [-0.05, 0) is 55.7 Å². The topological polar surface area (TPSA) is 21.3 Å². The summed E-state index contributed by atoms with van der Waals surface area (Å²) in [5.74, 6) is 1.33. The molecular weight excluding hydrogens is 267 g/mol. The molecule has 0 heterocycles. The second-order valence-corrected chi connectivity index (χ2v) is 5.75. The average molecular weight is 285 g/mol. The number of hydrogen-bond acceptors (Lipinski definition) is 2. The van der Waals surface area contributed by atoms with Gasteiger partial charge >= 0.3 is 6.18 Å². The fourth-order valence-electron chi connectivity index (χ4n) is 2.72. The third-order valence-corrected chi connectivity index (χ3v) is 4.11. The van der Waals surface area contributed by atoms with Gasteiger partial charge in [0, 0.05) is 11.7 Å². The van der Waals surface area contributed by atoms with E-state index >= 15 is 0 Å². The third-order valence-electron chi connectivity index (χ3n) is 4.11. The Labute approximate surface area is 116 Å². The molecule has 1 aromatic rings. The summed E-state index contributed by atoms with van der Waals surface area (Å²) >= 11 is 0. The molecule has 1 aromatic carbocycles. The van der Waals surface area contributed by atoms with Crippen molar-refractivity contribution >= 4 is 5.69 Å². The van der Waals surface area contributed by atoms with E-state index in [4.69, 9.17) is 4.74 Å². The summed E-state index contributed by atoms with van der Waals surface area (Å²) in [5, 5.41) is 3.15. The molecule has 2 saturated carbocycles. The number of methoxy groups -OCH3 is 1. The molecule has 3 rings (SSSR count). The van der Waals surface area contributed by atoms with Crippen molar-refractivity contribution in [2.24, 2.45) is 11.8 Å². The maximum Gasteiger partial charge on any atom is 0.418 e. The minimum atomic E-state index is -4.37. The first-order valence-electron chi connectivity index (χ1n) is 7.01. The molecule has 110 valence electrons. The Morgan fingerprint density at radius 3 is 2.20 bits per heavy atom. The van der Waals surface area contributed by atoms with Crippen molar-refractivity contribution in [3.8, 4) is 5.75 Å². The van der Waals surface area contributed by atoms with Crippen LogP contribution >= 0.6 is 0 Å². The predicted octanol–water partition coefficient (Wildman–Crippen LogP) is 4.31. The van der Waals surface area contributed by atoms with E-state index in [9.17, 15) is 13.2 Å². The Kier molecular flexibility index (Phi) is 3.30. The number of hydrogen-bond donors (Lipinski definition) is 1. The first-order valence-corrected chi connectivity index (χ1v) is 7.01. The molecule has 1 N–H and O–H groups in total. The summed E-state index contributed by atoms with van der Waals surface area (Å²) in [6, 6.07) is 4.33. The second-order valence-electron chi connectivity index (χ2n) is 5.75. The summed E-state index contributed by atoms with van der Waals surface area (Å²) in [4.78, 5) is 0. The SMILES string of the molecule is COc1ccc(NC(C2CC2)C2CC2)c(C(F)(F)F)c1. The van der Waals surface area contributed by atoms with E-state index < -0.39 is 11.7 Å². The van der Waals surface area contributed by atoms with Crippen molar-refractivity contribution in [2.45, 2.75) is 37.9 Å². The van der Waals surface area contributed by atoms with E-state index in [0.29, 0.717) is 11.8 Å². The summed E-state index contributed by atoms with van der Waals surface area (Å²) in [6.07, 6.45) is 0.156. The van der Waals surface area contributed by atoms with Crippen molar-refractivity contribution in [3.05, 3.63) is 23.8 Å². The smallest absolute Gasteiger partial charge is 0.418 e. The fraction of sp³-hybridized carbons (Fsp3) is 0.600. The normalized spacial score (nSPS) is 19.2. The molecular formula is C15H18F3NO. The molecule has 2 aliphatic rings. The number of benzene rings is 1. The van der Waals surface area contributed by atoms with E-state index in [2.05, 4.69) is 5.32 Å². The number of halogens is 3. The van der Waals surface area contributed by atoms with Crippen LogP contribution in [0.15, 0.2) is 18.2 Å². The maximum atomic E-state index is 13.2. The lowest BCUT2D eigenvalue weighted by Gasteiger charge is -2.22. The standard InChI is InChI=1S/C15H18F3NO/c1-20-11-6-7-13(12(8-11)15(16,17)18)19-14(9-2-3-9)10-4-5-10/h6-10,14,19H,2-5H2,1H3. The lowest BCUT2D eigenvalue weighted by Crippen LogP contribution is -2.26. The molecule has 0 bridgehead atoms. The van der Waals surface area contributed by atoms with Crippen molar-refractivity contribution < 1.29 is 17.9 Å². The lowest BCUT2D eigenvalue weighted by atomic mass is 10.1. The van der Waals surface area contributed by atoms with Gasteiger partial charge in [0.25, 0.3) is 0 Å². The highest BCUT2D eigenvalue weighted by atomic mass is 19.4. The van der Waals surface area contributed by atoms with E-state index in [0.717, 1.165) is 31.7 Å². The first kappa shape index (κ1) is 13.6. The Balaban J connectivity index is 1.87. The van der Waals surface area contributed by atoms with Crippen molar-refractivity contribution in [2.75, 3.05) is 12.4 Å². The van der Waals surface area contributed by atoms with Gasteiger partial charge in [-0.2, -0.15) is 13.2 Å². The Morgan fingerprint density at radius 1 is 1.15 bits per heavy atom. The Morgan fingerprint density at radius 2 is 1.75 bits per heavy atom. The number of ether oxygens (including phenoxy) is 1. The molecule has 2 aliphatic carbocycles. The molecule has 2 fully saturated rings. The molecule has 0 unspecified atom stereocenters. The van der Waals surface area contributed by atoms with Gasteiger partial charge in [0.2, 0.25) is 0 Å². The number of alkyl halides is 3. The monoisotopic (exact) mass is 285 g/mol. The highest BCUT2D eigenvalue weighted by Crippen LogP contribution is 2.47. The van der Waals surface area contributed by atoms with Crippen LogP contribution in [0.5, 0.6) is 5.75 Å². The van der Waals surface area contributed by atoms with Gasteiger partial charge < -0.3 is 10.1 Å². The highest BCUT2D eigenvalue weighted by molar-refractivity contribution is 5.56. The molecule has 0 aliphatic heterocycles. The van der Waals surface area contributed by atoms with Crippen LogP contribution in [0.3, 0.4) is 0 Å². The van der Waals surface area contributed by atoms with Gasteiger partial charge in [-0.25, -0.2) is 0 Å². The van der Waals surface area contributed by atoms with Crippen LogP contribution in [0.2, 0.25) is 0 Å². The zero-order chi connectivity index (χ0) is 14.3. The molecule has 5 heteroatoms. The Hall–Kier alpha value is -1.39. The van der Waals surface area contributed by atoms with Crippen LogP contribution in [0.4, 0.5) is 18.9 Å². The molecule has 0 radical (unpaired) electrons. The third kappa shape index (κ3) is 2.86. The van der Waals surface area contributed by atoms with Crippen LogP contribution < -0.4 is 10.1 Å². The van der Waals surface area contributed by atoms with Gasteiger partial charge in [0.1, 0.15) is 5.75 Å². The van der Waals surface area contributed by atoms with Gasteiger partial charge in [0.05, 0.1) is 12.7 Å². The van der Waals surface area contributed by atoms with E-state index in [1.54, 1.807) is 6.07 Å². The zero-order valence-corrected chi connectivity index (χ0v) is 11.3. The maximum absolute atomic E-state index is 13.2. The second kappa shape index (κ2) is 4.86. The quantitative estimate of drug-likeness (QED) is 0.870. The van der Waals surface area contributed by atoms with Gasteiger partial charge in [-0.1, -0.05) is 0 Å². The summed E-state index contributed by atoms with van der Waals surface area (Å²) < 4.78 is 44.4. The number of nitrogens with one attached hydrogen (secondary N) is 1. The Bertz CT molecular complexity index is 480. The number of rotatable bonds is 5. The van der Waals surface area contributed by atoms with Crippen molar-refractivity contribution in [1.29, 1.82) is 0 Å². The van der Waals surface area contributed by atoms with Gasteiger partial charge in [0.15, 0.2) is 0 Å². The minimum absolute atomic E-state index is 0.183. The van der Waals surface area contributed by atoms with Crippen molar-refractivity contribution in [1.82, 2.24) is 0 Å². The van der Waals surface area contributed by atoms with Crippen molar-refractivity contribution in [3.63, 3.8) is 0 Å². The van der Waals surface area contributed by atoms with Crippen LogP contribution in [0, 0.1) is 11.8 Å². The van der Waals surface area contributed by atoms with Crippen LogP contribution in [-0.4, -0.2) is 13.2 Å². The summed E-state index contributed by atoms with van der Waals surface area (Å²) in [5.41, 5.74) is -0.453. The molecule has 0 spiro atoms. The van der Waals surface area contributed by atoms with Gasteiger partial charge in [-0.15, -0.1) is 0 Å². The molecule has 0 saturated heterocycles. The molecule has 0 aromatic heterocycles. The van der Waals surface area contributed by atoms with Gasteiger partial charge in [-0.3, -0.25) is 0 Å². The number of anilines is 1. The summed E-state index contributed by atoms with van der Waals surface area (Å²) in [7, 11) is 1.37. The fourth-order valence-corrected chi connectivity index (χ4v) is 2.72. The zero-order valence-electron chi connectivity index (χ0n) is 11.3. The molecule has 0 atom stereocenters. The minimum Gasteiger partial charge on any atom is -0.497 e.